The zero-order valence-corrected chi connectivity index (χ0v) is 15.9. The van der Waals surface area contributed by atoms with Gasteiger partial charge in [-0.1, -0.05) is 18.2 Å². The SMILES string of the molecule is COc1ccc2c(c1)N(c1ccccc1)C(=O)/C2=C(/C)NNC(=O)CCCO. The molecule has 1 heterocycles. The molecular weight excluding hydrogens is 358 g/mol. The summed E-state index contributed by atoms with van der Waals surface area (Å²) in [7, 11) is 1.58. The van der Waals surface area contributed by atoms with Crippen LogP contribution in [0.25, 0.3) is 5.57 Å². The van der Waals surface area contributed by atoms with Gasteiger partial charge in [-0.2, -0.15) is 0 Å². The Kier molecular flexibility index (Phi) is 5.96. The van der Waals surface area contributed by atoms with E-state index in [4.69, 9.17) is 9.84 Å². The molecule has 2 aromatic rings. The Labute approximate surface area is 163 Å². The molecule has 2 amide bonds. The summed E-state index contributed by atoms with van der Waals surface area (Å²) in [6, 6.07) is 14.8. The molecule has 7 heteroatoms. The fourth-order valence-corrected chi connectivity index (χ4v) is 3.10. The average Bonchev–Trinajstić information content (AvgIpc) is 3.01. The van der Waals surface area contributed by atoms with Crippen molar-refractivity contribution < 1.29 is 19.4 Å². The molecule has 3 N–H and O–H groups in total. The van der Waals surface area contributed by atoms with Gasteiger partial charge in [0.2, 0.25) is 5.91 Å². The number of fused-ring (bicyclic) bond motifs is 1. The first kappa shape index (κ1) is 19.4. The first-order chi connectivity index (χ1) is 13.6. The van der Waals surface area contributed by atoms with Gasteiger partial charge in [0.05, 0.1) is 18.4 Å². The number of carbonyl (C=O) groups is 2. The molecule has 0 aliphatic carbocycles. The number of hydrazine groups is 1. The van der Waals surface area contributed by atoms with E-state index in [0.29, 0.717) is 23.4 Å². The lowest BCUT2D eigenvalue weighted by molar-refractivity contribution is -0.122. The van der Waals surface area contributed by atoms with E-state index in [1.807, 2.05) is 42.5 Å². The van der Waals surface area contributed by atoms with Crippen LogP contribution in [-0.4, -0.2) is 30.6 Å². The summed E-state index contributed by atoms with van der Waals surface area (Å²) in [6.07, 6.45) is 0.580. The molecule has 0 radical (unpaired) electrons. The van der Waals surface area contributed by atoms with Crippen molar-refractivity contribution in [1.29, 1.82) is 0 Å². The molecule has 2 aromatic carbocycles. The maximum absolute atomic E-state index is 13.3. The second-order valence-corrected chi connectivity index (χ2v) is 6.36. The van der Waals surface area contributed by atoms with Crippen LogP contribution in [0.1, 0.15) is 25.3 Å². The van der Waals surface area contributed by atoms with Crippen molar-refractivity contribution in [2.45, 2.75) is 19.8 Å². The van der Waals surface area contributed by atoms with Crippen molar-refractivity contribution in [3.63, 3.8) is 0 Å². The number of para-hydroxylation sites is 1. The van der Waals surface area contributed by atoms with E-state index in [1.165, 1.54) is 0 Å². The molecule has 0 spiro atoms. The van der Waals surface area contributed by atoms with Crippen LogP contribution in [0.2, 0.25) is 0 Å². The van der Waals surface area contributed by atoms with Gasteiger partial charge in [0.25, 0.3) is 5.91 Å². The Morgan fingerprint density at radius 3 is 2.57 bits per heavy atom. The number of hydrogen-bond acceptors (Lipinski definition) is 5. The zero-order chi connectivity index (χ0) is 20.1. The lowest BCUT2D eigenvalue weighted by atomic mass is 10.1. The molecule has 0 bridgehead atoms. The Bertz CT molecular complexity index is 909. The third-order valence-electron chi connectivity index (χ3n) is 4.47. The van der Waals surface area contributed by atoms with Crippen LogP contribution in [-0.2, 0) is 9.59 Å². The van der Waals surface area contributed by atoms with Crippen molar-refractivity contribution in [3.8, 4) is 5.75 Å². The maximum Gasteiger partial charge on any atom is 0.265 e. The second kappa shape index (κ2) is 8.58. The number of aliphatic hydroxyl groups is 1. The lowest BCUT2D eigenvalue weighted by Gasteiger charge is -2.17. The number of aliphatic hydroxyl groups excluding tert-OH is 1. The zero-order valence-electron chi connectivity index (χ0n) is 15.9. The first-order valence-electron chi connectivity index (χ1n) is 9.01. The summed E-state index contributed by atoms with van der Waals surface area (Å²) in [6.45, 7) is 1.69. The molecule has 3 rings (SSSR count). The molecule has 1 aliphatic heterocycles. The Morgan fingerprint density at radius 1 is 1.14 bits per heavy atom. The summed E-state index contributed by atoms with van der Waals surface area (Å²) >= 11 is 0. The lowest BCUT2D eigenvalue weighted by Crippen LogP contribution is -2.37. The molecular formula is C21H23N3O4. The number of nitrogens with zero attached hydrogens (tertiary/aromatic N) is 1. The fraction of sp³-hybridized carbons (Fsp3) is 0.238. The molecule has 0 saturated heterocycles. The monoisotopic (exact) mass is 381 g/mol. The minimum atomic E-state index is -0.255. The van der Waals surface area contributed by atoms with Crippen LogP contribution in [0, 0.1) is 0 Å². The molecule has 0 aromatic heterocycles. The van der Waals surface area contributed by atoms with Crippen molar-refractivity contribution >= 4 is 28.8 Å². The first-order valence-corrected chi connectivity index (χ1v) is 9.01. The number of amides is 2. The van der Waals surface area contributed by atoms with Gasteiger partial charge in [-0.05, 0) is 37.6 Å². The van der Waals surface area contributed by atoms with E-state index in [1.54, 1.807) is 25.0 Å². The quantitative estimate of drug-likeness (QED) is 0.506. The number of hydrogen-bond donors (Lipinski definition) is 3. The van der Waals surface area contributed by atoms with E-state index >= 15 is 0 Å². The van der Waals surface area contributed by atoms with Crippen LogP contribution in [0.3, 0.4) is 0 Å². The topological polar surface area (TPSA) is 90.9 Å². The van der Waals surface area contributed by atoms with Gasteiger partial charge in [-0.3, -0.25) is 19.9 Å². The third-order valence-corrected chi connectivity index (χ3v) is 4.47. The smallest absolute Gasteiger partial charge is 0.265 e. The van der Waals surface area contributed by atoms with Gasteiger partial charge < -0.3 is 15.3 Å². The summed E-state index contributed by atoms with van der Waals surface area (Å²) in [5, 5.41) is 8.82. The van der Waals surface area contributed by atoms with E-state index in [0.717, 1.165) is 16.9 Å². The third kappa shape index (κ3) is 3.84. The molecule has 0 saturated carbocycles. The normalized spacial score (nSPS) is 14.5. The predicted molar refractivity (Wildman–Crippen MR) is 107 cm³/mol. The summed E-state index contributed by atoms with van der Waals surface area (Å²) in [5.74, 6) is 0.204. The van der Waals surface area contributed by atoms with Crippen LogP contribution >= 0.6 is 0 Å². The number of ether oxygens (including phenoxy) is 1. The molecule has 0 fully saturated rings. The number of nitrogens with one attached hydrogen (secondary N) is 2. The highest BCUT2D eigenvalue weighted by atomic mass is 16.5. The van der Waals surface area contributed by atoms with Crippen LogP contribution in [0.4, 0.5) is 11.4 Å². The van der Waals surface area contributed by atoms with Crippen molar-refractivity contribution in [3.05, 3.63) is 59.8 Å². The summed E-state index contributed by atoms with van der Waals surface area (Å²) in [5.41, 5.74) is 8.63. The second-order valence-electron chi connectivity index (χ2n) is 6.36. The highest BCUT2D eigenvalue weighted by Gasteiger charge is 2.35. The van der Waals surface area contributed by atoms with E-state index in [-0.39, 0.29) is 24.8 Å². The predicted octanol–water partition coefficient (Wildman–Crippen LogP) is 2.50. The Morgan fingerprint density at radius 2 is 1.89 bits per heavy atom. The van der Waals surface area contributed by atoms with Crippen molar-refractivity contribution in [2.24, 2.45) is 0 Å². The number of methoxy groups -OCH3 is 1. The van der Waals surface area contributed by atoms with E-state index < -0.39 is 0 Å². The van der Waals surface area contributed by atoms with Crippen LogP contribution < -0.4 is 20.5 Å². The van der Waals surface area contributed by atoms with Gasteiger partial charge in [0.15, 0.2) is 0 Å². The summed E-state index contributed by atoms with van der Waals surface area (Å²) < 4.78 is 5.32. The maximum atomic E-state index is 13.3. The Balaban J connectivity index is 1.97. The molecule has 146 valence electrons. The van der Waals surface area contributed by atoms with Crippen molar-refractivity contribution in [2.75, 3.05) is 18.6 Å². The number of carbonyl (C=O) groups excluding carboxylic acids is 2. The van der Waals surface area contributed by atoms with Crippen molar-refractivity contribution in [1.82, 2.24) is 10.9 Å². The highest BCUT2D eigenvalue weighted by molar-refractivity contribution is 6.35. The van der Waals surface area contributed by atoms with Gasteiger partial charge in [-0.25, -0.2) is 0 Å². The van der Waals surface area contributed by atoms with Gasteiger partial charge in [-0.15, -0.1) is 0 Å². The largest absolute Gasteiger partial charge is 0.497 e. The van der Waals surface area contributed by atoms with Gasteiger partial charge >= 0.3 is 0 Å². The summed E-state index contributed by atoms with van der Waals surface area (Å²) in [4.78, 5) is 26.7. The Hall–Kier alpha value is -3.32. The molecule has 0 atom stereocenters. The molecule has 28 heavy (non-hydrogen) atoms. The van der Waals surface area contributed by atoms with E-state index in [2.05, 4.69) is 10.9 Å². The highest BCUT2D eigenvalue weighted by Crippen LogP contribution is 2.43. The standard InChI is InChI=1S/C21H23N3O4/c1-14(22-23-19(26)9-6-12-25)20-17-11-10-16(28-2)13-18(17)24(21(20)27)15-7-4-3-5-8-15/h3-5,7-8,10-11,13,22,25H,6,9,12H2,1-2H3,(H,23,26)/b20-14-. The van der Waals surface area contributed by atoms with Crippen LogP contribution in [0.5, 0.6) is 5.75 Å². The number of allylic oxidation sites excluding steroid dienone is 1. The van der Waals surface area contributed by atoms with Gasteiger partial charge in [0, 0.05) is 36.0 Å². The molecule has 1 aliphatic rings. The molecule has 0 unspecified atom stereocenters. The van der Waals surface area contributed by atoms with Gasteiger partial charge in [0.1, 0.15) is 5.75 Å². The number of benzene rings is 2. The van der Waals surface area contributed by atoms with Crippen LogP contribution in [0.15, 0.2) is 54.2 Å². The number of anilines is 2. The van der Waals surface area contributed by atoms with E-state index in [9.17, 15) is 9.59 Å². The number of rotatable bonds is 7. The minimum absolute atomic E-state index is 0.0484. The fourth-order valence-electron chi connectivity index (χ4n) is 3.10. The minimum Gasteiger partial charge on any atom is -0.497 e. The average molecular weight is 381 g/mol. The molecule has 7 nitrogen and oxygen atoms in total.